The maximum atomic E-state index is 13.7. The summed E-state index contributed by atoms with van der Waals surface area (Å²) in [6.45, 7) is 3.87. The molecule has 164 valence electrons. The van der Waals surface area contributed by atoms with E-state index in [9.17, 15) is 4.79 Å². The van der Waals surface area contributed by atoms with Crippen LogP contribution in [0.3, 0.4) is 0 Å². The number of ether oxygens (including phenoxy) is 1. The average molecular weight is 431 g/mol. The van der Waals surface area contributed by atoms with Gasteiger partial charge in [-0.25, -0.2) is 4.98 Å². The fraction of sp³-hybridized carbons (Fsp3) is 0.375. The molecule has 1 aromatic carbocycles. The first-order valence-corrected chi connectivity index (χ1v) is 11.2. The van der Waals surface area contributed by atoms with Gasteiger partial charge in [0.05, 0.1) is 30.6 Å². The second-order valence-corrected chi connectivity index (χ2v) is 8.81. The predicted octanol–water partition coefficient (Wildman–Crippen LogP) is 3.22. The molecule has 0 bridgehead atoms. The van der Waals surface area contributed by atoms with Crippen LogP contribution in [0.25, 0.3) is 28.0 Å². The smallest absolute Gasteiger partial charge is 0.299 e. The van der Waals surface area contributed by atoms with Gasteiger partial charge in [-0.2, -0.15) is 5.10 Å². The first-order valence-electron chi connectivity index (χ1n) is 11.2. The second-order valence-electron chi connectivity index (χ2n) is 8.81. The Hall–Kier alpha value is -3.39. The molecule has 1 aliphatic carbocycles. The fourth-order valence-corrected chi connectivity index (χ4v) is 4.60. The highest BCUT2D eigenvalue weighted by Crippen LogP contribution is 2.39. The predicted molar refractivity (Wildman–Crippen MR) is 123 cm³/mol. The number of benzene rings is 1. The molecule has 2 fully saturated rings. The summed E-state index contributed by atoms with van der Waals surface area (Å²) in [4.78, 5) is 24.0. The molecule has 0 spiro atoms. The van der Waals surface area contributed by atoms with Gasteiger partial charge in [-0.1, -0.05) is 12.1 Å². The van der Waals surface area contributed by atoms with Crippen LogP contribution in [0.5, 0.6) is 0 Å². The first-order chi connectivity index (χ1) is 15.6. The summed E-state index contributed by atoms with van der Waals surface area (Å²) < 4.78 is 9.13. The largest absolute Gasteiger partial charge is 0.377 e. The van der Waals surface area contributed by atoms with E-state index < -0.39 is 0 Å². The molecule has 0 amide bonds. The zero-order chi connectivity index (χ0) is 21.8. The monoisotopic (exact) mass is 430 g/mol. The Morgan fingerprint density at radius 3 is 2.91 bits per heavy atom. The maximum Gasteiger partial charge on any atom is 0.299 e. The minimum atomic E-state index is -0.130. The number of fused-ring (bicyclic) bond motifs is 1. The molecule has 0 unspecified atom stereocenters. The van der Waals surface area contributed by atoms with Crippen LogP contribution in [0.1, 0.15) is 31.4 Å². The van der Waals surface area contributed by atoms with Crippen molar-refractivity contribution in [2.24, 2.45) is 7.05 Å². The molecule has 1 saturated carbocycles. The summed E-state index contributed by atoms with van der Waals surface area (Å²) in [7, 11) is 1.90. The zero-order valence-electron chi connectivity index (χ0n) is 18.3. The van der Waals surface area contributed by atoms with Gasteiger partial charge in [-0.15, -0.1) is 0 Å². The van der Waals surface area contributed by atoms with E-state index in [0.29, 0.717) is 31.5 Å². The van der Waals surface area contributed by atoms with Crippen LogP contribution in [-0.4, -0.2) is 50.1 Å². The number of hydrogen-bond acceptors (Lipinski definition) is 5. The van der Waals surface area contributed by atoms with Crippen LogP contribution in [0.15, 0.2) is 47.5 Å². The number of morpholine rings is 1. The van der Waals surface area contributed by atoms with Gasteiger partial charge in [-0.05, 0) is 31.9 Å². The van der Waals surface area contributed by atoms with Crippen molar-refractivity contribution in [1.29, 1.82) is 0 Å². The third kappa shape index (κ3) is 3.14. The summed E-state index contributed by atoms with van der Waals surface area (Å²) in [5, 5.41) is 5.77. The number of aromatic amines is 1. The molecule has 8 nitrogen and oxygen atoms in total. The lowest BCUT2D eigenvalue weighted by molar-refractivity contribution is 0.0983. The van der Waals surface area contributed by atoms with Gasteiger partial charge in [-0.3, -0.25) is 14.0 Å². The molecule has 4 aromatic rings. The number of nitrogens with zero attached hydrogens (tertiary/aromatic N) is 5. The summed E-state index contributed by atoms with van der Waals surface area (Å²) in [6, 6.07) is 10.3. The van der Waals surface area contributed by atoms with Crippen LogP contribution in [0, 0.1) is 0 Å². The van der Waals surface area contributed by atoms with Gasteiger partial charge in [0.25, 0.3) is 5.56 Å². The van der Waals surface area contributed by atoms with Crippen molar-refractivity contribution < 1.29 is 4.74 Å². The highest BCUT2D eigenvalue weighted by molar-refractivity contribution is 5.94. The van der Waals surface area contributed by atoms with Crippen LogP contribution >= 0.6 is 0 Å². The number of rotatable bonds is 4. The molecule has 1 aliphatic heterocycles. The third-order valence-corrected chi connectivity index (χ3v) is 6.51. The van der Waals surface area contributed by atoms with Crippen LogP contribution in [0.4, 0.5) is 5.82 Å². The Bertz CT molecular complexity index is 1360. The lowest BCUT2D eigenvalue weighted by Gasteiger charge is -2.34. The number of aryl methyl sites for hydroxylation is 1. The van der Waals surface area contributed by atoms with Crippen molar-refractivity contribution in [3.8, 4) is 17.1 Å². The van der Waals surface area contributed by atoms with E-state index in [2.05, 4.69) is 28.0 Å². The van der Waals surface area contributed by atoms with Crippen molar-refractivity contribution in [2.75, 3.05) is 24.7 Å². The molecule has 1 atom stereocenters. The lowest BCUT2D eigenvalue weighted by atomic mass is 10.1. The molecule has 0 radical (unpaired) electrons. The molecule has 4 heterocycles. The molecule has 8 heteroatoms. The molecular weight excluding hydrogens is 404 g/mol. The van der Waals surface area contributed by atoms with Crippen molar-refractivity contribution in [1.82, 2.24) is 24.3 Å². The summed E-state index contributed by atoms with van der Waals surface area (Å²) in [5.41, 5.74) is 3.72. The molecule has 1 saturated heterocycles. The van der Waals surface area contributed by atoms with Crippen molar-refractivity contribution >= 4 is 16.7 Å². The van der Waals surface area contributed by atoms with Gasteiger partial charge >= 0.3 is 0 Å². The minimum Gasteiger partial charge on any atom is -0.377 e. The molecular formula is C24H26N6O2. The zero-order valence-corrected chi connectivity index (χ0v) is 18.3. The number of nitrogens with one attached hydrogen (secondary N) is 1. The van der Waals surface area contributed by atoms with E-state index in [1.54, 1.807) is 4.57 Å². The lowest BCUT2D eigenvalue weighted by Crippen LogP contribution is -2.47. The number of aromatic nitrogens is 5. The molecule has 32 heavy (non-hydrogen) atoms. The Balaban J connectivity index is 1.58. The topological polar surface area (TPSA) is 81.0 Å². The van der Waals surface area contributed by atoms with Crippen LogP contribution < -0.4 is 10.5 Å². The normalized spacial score (nSPS) is 19.1. The standard InChI is InChI=1S/C24H26N6O2/c1-15-14-32-11-10-29(15)23-24(31)30(22-12-20(16-6-7-16)27-28(22)2)13-21(26-23)17-4-3-5-19-18(17)8-9-25-19/h3-5,8-9,12-13,15-16,25H,6-7,10-11,14H2,1-2H3/t15-/m1/s1. The third-order valence-electron chi connectivity index (χ3n) is 6.51. The number of anilines is 1. The summed E-state index contributed by atoms with van der Waals surface area (Å²) in [5.74, 6) is 1.74. The summed E-state index contributed by atoms with van der Waals surface area (Å²) in [6.07, 6.45) is 6.11. The van der Waals surface area contributed by atoms with Crippen molar-refractivity contribution in [3.63, 3.8) is 0 Å². The quantitative estimate of drug-likeness (QED) is 0.538. The Kier molecular flexibility index (Phi) is 4.43. The van der Waals surface area contributed by atoms with E-state index >= 15 is 0 Å². The van der Waals surface area contributed by atoms with Gasteiger partial charge in [0.2, 0.25) is 0 Å². The Labute approximate surface area is 185 Å². The maximum absolute atomic E-state index is 13.7. The van der Waals surface area contributed by atoms with E-state index in [4.69, 9.17) is 9.72 Å². The van der Waals surface area contributed by atoms with E-state index in [0.717, 1.165) is 33.7 Å². The van der Waals surface area contributed by atoms with Crippen molar-refractivity contribution in [2.45, 2.75) is 31.7 Å². The second kappa shape index (κ2) is 7.34. The number of H-pyrrole nitrogens is 1. The molecule has 6 rings (SSSR count). The molecule has 2 aliphatic rings. The SMILES string of the molecule is C[C@@H]1COCCN1c1nc(-c2cccc3[nH]ccc23)cn(-c2cc(C3CC3)nn2C)c1=O. The van der Waals surface area contributed by atoms with Gasteiger partial charge < -0.3 is 14.6 Å². The van der Waals surface area contributed by atoms with Gasteiger partial charge in [0, 0.05) is 54.4 Å². The van der Waals surface area contributed by atoms with Crippen molar-refractivity contribution in [3.05, 3.63) is 58.8 Å². The minimum absolute atomic E-state index is 0.0734. The van der Waals surface area contributed by atoms with E-state index in [1.165, 1.54) is 12.8 Å². The average Bonchev–Trinajstić information content (AvgIpc) is 3.41. The summed E-state index contributed by atoms with van der Waals surface area (Å²) >= 11 is 0. The van der Waals surface area contributed by atoms with Crippen LogP contribution in [0.2, 0.25) is 0 Å². The molecule has 3 aromatic heterocycles. The highest BCUT2D eigenvalue weighted by Gasteiger charge is 2.29. The van der Waals surface area contributed by atoms with Crippen LogP contribution in [-0.2, 0) is 11.8 Å². The van der Waals surface area contributed by atoms with E-state index in [-0.39, 0.29) is 11.6 Å². The van der Waals surface area contributed by atoms with E-state index in [1.807, 2.05) is 48.4 Å². The Morgan fingerprint density at radius 2 is 2.09 bits per heavy atom. The highest BCUT2D eigenvalue weighted by atomic mass is 16.5. The first kappa shape index (κ1) is 19.3. The Morgan fingerprint density at radius 1 is 1.22 bits per heavy atom. The van der Waals surface area contributed by atoms with Gasteiger partial charge in [0.1, 0.15) is 5.82 Å². The molecule has 1 N–H and O–H groups in total. The number of hydrogen-bond donors (Lipinski definition) is 1. The van der Waals surface area contributed by atoms with Gasteiger partial charge in [0.15, 0.2) is 5.82 Å². The fourth-order valence-electron chi connectivity index (χ4n) is 4.60.